The van der Waals surface area contributed by atoms with E-state index in [1.807, 2.05) is 12.1 Å². The van der Waals surface area contributed by atoms with Gasteiger partial charge in [0.1, 0.15) is 5.75 Å². The van der Waals surface area contributed by atoms with E-state index in [0.717, 1.165) is 25.1 Å². The van der Waals surface area contributed by atoms with Crippen LogP contribution in [0.25, 0.3) is 0 Å². The zero-order chi connectivity index (χ0) is 14.1. The molecule has 1 aliphatic heterocycles. The van der Waals surface area contributed by atoms with Gasteiger partial charge in [-0.2, -0.15) is 0 Å². The first-order valence-corrected chi connectivity index (χ1v) is 7.31. The van der Waals surface area contributed by atoms with Crippen LogP contribution in [-0.2, 0) is 13.0 Å². The van der Waals surface area contributed by atoms with Gasteiger partial charge in [0, 0.05) is 18.8 Å². The van der Waals surface area contributed by atoms with E-state index in [1.165, 1.54) is 11.3 Å². The fourth-order valence-corrected chi connectivity index (χ4v) is 3.13. The van der Waals surface area contributed by atoms with Crippen molar-refractivity contribution < 1.29 is 5.11 Å². The highest BCUT2D eigenvalue weighted by Crippen LogP contribution is 2.31. The number of benzene rings is 2. The molecule has 0 aromatic heterocycles. The van der Waals surface area contributed by atoms with Crippen LogP contribution in [0.1, 0.15) is 18.1 Å². The average molecular weight is 288 g/mol. The lowest BCUT2D eigenvalue weighted by Gasteiger charge is -2.35. The second-order valence-electron chi connectivity index (χ2n) is 5.60. The van der Waals surface area contributed by atoms with E-state index < -0.39 is 0 Å². The monoisotopic (exact) mass is 287 g/mol. The van der Waals surface area contributed by atoms with Crippen molar-refractivity contribution >= 4 is 17.3 Å². The molecule has 2 aromatic rings. The number of halogens is 1. The molecule has 1 N–H and O–H groups in total. The minimum Gasteiger partial charge on any atom is -0.506 e. The fourth-order valence-electron chi connectivity index (χ4n) is 2.93. The largest absolute Gasteiger partial charge is 0.506 e. The molecule has 20 heavy (non-hydrogen) atoms. The normalized spacial score (nSPS) is 17.9. The summed E-state index contributed by atoms with van der Waals surface area (Å²) in [6.45, 7) is 4.16. The van der Waals surface area contributed by atoms with Crippen LogP contribution in [-0.4, -0.2) is 11.7 Å². The summed E-state index contributed by atoms with van der Waals surface area (Å²) < 4.78 is 0. The summed E-state index contributed by atoms with van der Waals surface area (Å²) >= 11 is 5.99. The molecule has 0 aliphatic carbocycles. The summed E-state index contributed by atoms with van der Waals surface area (Å²) in [6.07, 6.45) is 1.14. The van der Waals surface area contributed by atoms with Crippen LogP contribution < -0.4 is 4.90 Å². The number of fused-ring (bicyclic) bond motifs is 1. The van der Waals surface area contributed by atoms with Gasteiger partial charge in [-0.15, -0.1) is 0 Å². The molecule has 1 atom stereocenters. The molecule has 0 bridgehead atoms. The van der Waals surface area contributed by atoms with Crippen molar-refractivity contribution in [2.45, 2.75) is 19.9 Å². The van der Waals surface area contributed by atoms with Gasteiger partial charge in [0.25, 0.3) is 0 Å². The van der Waals surface area contributed by atoms with E-state index in [-0.39, 0.29) is 5.75 Å². The Labute approximate surface area is 124 Å². The third kappa shape index (κ3) is 2.61. The lowest BCUT2D eigenvalue weighted by Crippen LogP contribution is -2.33. The Morgan fingerprint density at radius 2 is 2.05 bits per heavy atom. The van der Waals surface area contributed by atoms with Crippen molar-refractivity contribution in [2.24, 2.45) is 5.92 Å². The van der Waals surface area contributed by atoms with E-state index in [4.69, 9.17) is 11.6 Å². The van der Waals surface area contributed by atoms with Gasteiger partial charge in [-0.1, -0.05) is 42.8 Å². The fraction of sp³-hybridized carbons (Fsp3) is 0.294. The summed E-state index contributed by atoms with van der Waals surface area (Å²) in [5.74, 6) is 0.792. The minimum atomic E-state index is 0.142. The molecule has 3 heteroatoms. The Bertz CT molecular complexity index is 626. The Balaban J connectivity index is 1.89. The number of hydrogen-bond donors (Lipinski definition) is 1. The number of phenolic OH excluding ortho intramolecular Hbond substituents is 1. The molecular formula is C17H18ClNO. The first-order valence-electron chi connectivity index (χ1n) is 6.93. The van der Waals surface area contributed by atoms with Crippen molar-refractivity contribution in [3.8, 4) is 5.75 Å². The summed E-state index contributed by atoms with van der Waals surface area (Å²) in [7, 11) is 0. The van der Waals surface area contributed by atoms with Gasteiger partial charge in [0.05, 0.1) is 5.02 Å². The van der Waals surface area contributed by atoms with Gasteiger partial charge in [-0.05, 0) is 41.7 Å². The van der Waals surface area contributed by atoms with Gasteiger partial charge in [-0.25, -0.2) is 0 Å². The van der Waals surface area contributed by atoms with E-state index in [1.54, 1.807) is 6.07 Å². The molecule has 0 saturated heterocycles. The Morgan fingerprint density at radius 1 is 1.25 bits per heavy atom. The van der Waals surface area contributed by atoms with E-state index in [0.29, 0.717) is 10.9 Å². The summed E-state index contributed by atoms with van der Waals surface area (Å²) in [5, 5.41) is 9.92. The summed E-state index contributed by atoms with van der Waals surface area (Å²) in [5.41, 5.74) is 3.85. The van der Waals surface area contributed by atoms with E-state index in [9.17, 15) is 5.11 Å². The molecule has 1 aliphatic rings. The first kappa shape index (κ1) is 13.3. The van der Waals surface area contributed by atoms with Crippen LogP contribution >= 0.6 is 11.6 Å². The third-order valence-corrected chi connectivity index (χ3v) is 4.12. The third-order valence-electron chi connectivity index (χ3n) is 3.82. The average Bonchev–Trinajstić information content (AvgIpc) is 2.43. The second-order valence-corrected chi connectivity index (χ2v) is 6.01. The van der Waals surface area contributed by atoms with E-state index in [2.05, 4.69) is 36.1 Å². The van der Waals surface area contributed by atoms with Crippen molar-refractivity contribution in [3.05, 3.63) is 58.6 Å². The van der Waals surface area contributed by atoms with E-state index >= 15 is 0 Å². The maximum absolute atomic E-state index is 9.50. The first-order chi connectivity index (χ1) is 9.63. The number of para-hydroxylation sites is 1. The van der Waals surface area contributed by atoms with Crippen molar-refractivity contribution in [1.82, 2.24) is 0 Å². The summed E-state index contributed by atoms with van der Waals surface area (Å²) in [6, 6.07) is 14.0. The lowest BCUT2D eigenvalue weighted by molar-refractivity contribution is 0.475. The predicted octanol–water partition coefficient (Wildman–Crippen LogP) is 4.24. The zero-order valence-corrected chi connectivity index (χ0v) is 12.3. The molecule has 0 amide bonds. The number of anilines is 1. The second kappa shape index (κ2) is 5.37. The highest BCUT2D eigenvalue weighted by molar-refractivity contribution is 6.32. The van der Waals surface area contributed by atoms with Crippen LogP contribution in [0.3, 0.4) is 0 Å². The molecule has 0 saturated carbocycles. The number of rotatable bonds is 2. The molecular weight excluding hydrogens is 270 g/mol. The zero-order valence-electron chi connectivity index (χ0n) is 11.5. The van der Waals surface area contributed by atoms with Gasteiger partial charge in [0.2, 0.25) is 0 Å². The Morgan fingerprint density at radius 3 is 2.85 bits per heavy atom. The number of nitrogens with zero attached hydrogens (tertiary/aromatic N) is 1. The molecule has 1 heterocycles. The Kier molecular flexibility index (Phi) is 3.58. The summed E-state index contributed by atoms with van der Waals surface area (Å²) in [4.78, 5) is 2.40. The standard InChI is InChI=1S/C17H18ClNO/c1-12-8-14-4-2-3-5-16(14)19(10-12)11-13-6-7-17(20)15(18)9-13/h2-7,9,12,20H,8,10-11H2,1H3. The van der Waals surface area contributed by atoms with Crippen LogP contribution in [0.2, 0.25) is 5.02 Å². The molecule has 104 valence electrons. The molecule has 2 nitrogen and oxygen atoms in total. The van der Waals surface area contributed by atoms with Crippen LogP contribution in [0.15, 0.2) is 42.5 Å². The SMILES string of the molecule is CC1Cc2ccccc2N(Cc2ccc(O)c(Cl)c2)C1. The maximum atomic E-state index is 9.50. The quantitative estimate of drug-likeness (QED) is 0.893. The smallest absolute Gasteiger partial charge is 0.134 e. The molecule has 0 radical (unpaired) electrons. The Hall–Kier alpha value is -1.67. The van der Waals surface area contributed by atoms with Crippen molar-refractivity contribution in [1.29, 1.82) is 0 Å². The molecule has 0 fully saturated rings. The predicted molar refractivity (Wildman–Crippen MR) is 83.5 cm³/mol. The molecule has 3 rings (SSSR count). The van der Waals surface area contributed by atoms with Crippen LogP contribution in [0, 0.1) is 5.92 Å². The highest BCUT2D eigenvalue weighted by atomic mass is 35.5. The van der Waals surface area contributed by atoms with Crippen molar-refractivity contribution in [3.63, 3.8) is 0 Å². The molecule has 0 spiro atoms. The topological polar surface area (TPSA) is 23.5 Å². The van der Waals surface area contributed by atoms with Gasteiger partial charge >= 0.3 is 0 Å². The highest BCUT2D eigenvalue weighted by Gasteiger charge is 2.21. The lowest BCUT2D eigenvalue weighted by atomic mass is 9.93. The number of hydrogen-bond acceptors (Lipinski definition) is 2. The minimum absolute atomic E-state index is 0.142. The van der Waals surface area contributed by atoms with Crippen LogP contribution in [0.5, 0.6) is 5.75 Å². The van der Waals surface area contributed by atoms with Gasteiger partial charge < -0.3 is 10.0 Å². The molecule has 1 unspecified atom stereocenters. The maximum Gasteiger partial charge on any atom is 0.134 e. The van der Waals surface area contributed by atoms with Gasteiger partial charge in [0.15, 0.2) is 0 Å². The van der Waals surface area contributed by atoms with Gasteiger partial charge in [-0.3, -0.25) is 0 Å². The molecule has 2 aromatic carbocycles. The number of phenols is 1. The van der Waals surface area contributed by atoms with Crippen LogP contribution in [0.4, 0.5) is 5.69 Å². The number of aromatic hydroxyl groups is 1. The van der Waals surface area contributed by atoms with Crippen molar-refractivity contribution in [2.75, 3.05) is 11.4 Å².